The minimum Gasteiger partial charge on any atom is -0.455 e. The zero-order valence-corrected chi connectivity index (χ0v) is 18.6. The third kappa shape index (κ3) is 5.57. The maximum Gasteiger partial charge on any atom is 0.339 e. The molecule has 1 aromatic rings. The number of ether oxygens (including phenoxy) is 1. The number of rotatable bonds is 4. The van der Waals surface area contributed by atoms with Gasteiger partial charge in [0.1, 0.15) is 11.9 Å². The molecule has 0 fully saturated rings. The molecule has 0 aliphatic carbocycles. The lowest BCUT2D eigenvalue weighted by Crippen LogP contribution is -2.14. The van der Waals surface area contributed by atoms with Crippen molar-refractivity contribution in [1.29, 1.82) is 0 Å². The van der Waals surface area contributed by atoms with Crippen LogP contribution in [0.4, 0.5) is 0 Å². The first-order valence-electron chi connectivity index (χ1n) is 9.97. The molecular formula is C23H36O4. The van der Waals surface area contributed by atoms with Crippen LogP contribution in [0.5, 0.6) is 0 Å². The highest BCUT2D eigenvalue weighted by Gasteiger charge is 2.33. The highest BCUT2D eigenvalue weighted by atomic mass is 16.5. The van der Waals surface area contributed by atoms with E-state index in [4.69, 9.17) is 9.15 Å². The Kier molecular flexibility index (Phi) is 8.06. The van der Waals surface area contributed by atoms with Crippen LogP contribution in [0.3, 0.4) is 0 Å². The van der Waals surface area contributed by atoms with Crippen molar-refractivity contribution < 1.29 is 13.9 Å². The molecule has 0 saturated carbocycles. The smallest absolute Gasteiger partial charge is 0.339 e. The Morgan fingerprint density at radius 1 is 0.852 bits per heavy atom. The summed E-state index contributed by atoms with van der Waals surface area (Å²) in [6.45, 7) is 20.3. The lowest BCUT2D eigenvalue weighted by molar-refractivity contribution is -0.139. The standard InChI is InChI=1S/C12H18O2.C11H18O2/c1-7(2)10-6-9(5)14-12(13)11(10)8(3)4;1-6(2)9-8(5)13-11(12)10(9)7(3)4/h6-8H,1-5H3;6-8H,1-5H3. The second-order valence-corrected chi connectivity index (χ2v) is 8.55. The number of esters is 1. The van der Waals surface area contributed by atoms with E-state index in [2.05, 4.69) is 27.7 Å². The van der Waals surface area contributed by atoms with Gasteiger partial charge in [0, 0.05) is 11.1 Å². The lowest BCUT2D eigenvalue weighted by atomic mass is 9.90. The van der Waals surface area contributed by atoms with Crippen LogP contribution < -0.4 is 5.63 Å². The summed E-state index contributed by atoms with van der Waals surface area (Å²) in [5.74, 6) is 1.85. The summed E-state index contributed by atoms with van der Waals surface area (Å²) in [5.41, 5.74) is 3.84. The number of cyclic esters (lactones) is 1. The molecule has 152 valence electrons. The van der Waals surface area contributed by atoms with Gasteiger partial charge >= 0.3 is 11.6 Å². The SMILES string of the molecule is CC(C)C1=C(C(C)C)C(C)OC1=O.Cc1cc(C(C)C)c(C(C)C)c(=O)o1. The van der Waals surface area contributed by atoms with Crippen LogP contribution in [-0.2, 0) is 9.53 Å². The Bertz CT molecular complexity index is 748. The van der Waals surface area contributed by atoms with Gasteiger partial charge in [-0.05, 0) is 54.7 Å². The molecule has 2 rings (SSSR count). The largest absolute Gasteiger partial charge is 0.455 e. The van der Waals surface area contributed by atoms with Crippen molar-refractivity contribution in [2.45, 2.75) is 87.2 Å². The molecule has 1 aliphatic rings. The van der Waals surface area contributed by atoms with Crippen LogP contribution in [0.25, 0.3) is 0 Å². The highest BCUT2D eigenvalue weighted by molar-refractivity contribution is 5.92. The lowest BCUT2D eigenvalue weighted by Gasteiger charge is -2.14. The van der Waals surface area contributed by atoms with Crippen molar-refractivity contribution in [3.63, 3.8) is 0 Å². The van der Waals surface area contributed by atoms with E-state index in [-0.39, 0.29) is 29.5 Å². The summed E-state index contributed by atoms with van der Waals surface area (Å²) in [4.78, 5) is 23.1. The van der Waals surface area contributed by atoms with Crippen molar-refractivity contribution in [3.05, 3.63) is 44.5 Å². The van der Waals surface area contributed by atoms with Crippen LogP contribution in [-0.4, -0.2) is 12.1 Å². The van der Waals surface area contributed by atoms with E-state index < -0.39 is 0 Å². The molecule has 27 heavy (non-hydrogen) atoms. The minimum atomic E-state index is -0.177. The molecule has 0 radical (unpaired) electrons. The number of hydrogen-bond donors (Lipinski definition) is 0. The third-order valence-electron chi connectivity index (χ3n) is 4.79. The predicted molar refractivity (Wildman–Crippen MR) is 110 cm³/mol. The Morgan fingerprint density at radius 3 is 1.78 bits per heavy atom. The monoisotopic (exact) mass is 376 g/mol. The summed E-state index contributed by atoms with van der Waals surface area (Å²) >= 11 is 0. The maximum atomic E-state index is 11.6. The molecule has 1 atom stereocenters. The normalized spacial score (nSPS) is 17.1. The van der Waals surface area contributed by atoms with E-state index in [1.54, 1.807) is 0 Å². The van der Waals surface area contributed by atoms with E-state index in [0.717, 1.165) is 16.7 Å². The zero-order chi connectivity index (χ0) is 21.0. The first kappa shape index (κ1) is 23.2. The average molecular weight is 377 g/mol. The maximum absolute atomic E-state index is 11.6. The molecule has 0 N–H and O–H groups in total. The molecule has 0 amide bonds. The summed E-state index contributed by atoms with van der Waals surface area (Å²) in [5, 5.41) is 0. The Morgan fingerprint density at radius 2 is 1.41 bits per heavy atom. The van der Waals surface area contributed by atoms with Crippen molar-refractivity contribution in [2.24, 2.45) is 11.8 Å². The average Bonchev–Trinajstić information content (AvgIpc) is 2.81. The van der Waals surface area contributed by atoms with Gasteiger partial charge in [0.15, 0.2) is 0 Å². The molecule has 0 bridgehead atoms. The number of carbonyl (C=O) groups excluding carboxylic acids is 1. The summed E-state index contributed by atoms with van der Waals surface area (Å²) < 4.78 is 10.3. The molecule has 2 heterocycles. The summed E-state index contributed by atoms with van der Waals surface area (Å²) in [6, 6.07) is 1.97. The molecule has 4 nitrogen and oxygen atoms in total. The molecule has 1 unspecified atom stereocenters. The van der Waals surface area contributed by atoms with Gasteiger partial charge in [0.05, 0.1) is 0 Å². The van der Waals surface area contributed by atoms with Crippen molar-refractivity contribution in [3.8, 4) is 0 Å². The van der Waals surface area contributed by atoms with Gasteiger partial charge in [-0.3, -0.25) is 0 Å². The Labute approximate surface area is 164 Å². The highest BCUT2D eigenvalue weighted by Crippen LogP contribution is 2.32. The van der Waals surface area contributed by atoms with Gasteiger partial charge in [0.25, 0.3) is 0 Å². The van der Waals surface area contributed by atoms with Crippen LogP contribution in [0.15, 0.2) is 26.4 Å². The van der Waals surface area contributed by atoms with E-state index in [1.165, 1.54) is 5.57 Å². The minimum absolute atomic E-state index is 0.0232. The van der Waals surface area contributed by atoms with Crippen LogP contribution >= 0.6 is 0 Å². The van der Waals surface area contributed by atoms with Crippen LogP contribution in [0.1, 0.15) is 91.0 Å². The van der Waals surface area contributed by atoms with Gasteiger partial charge in [-0.1, -0.05) is 55.4 Å². The third-order valence-corrected chi connectivity index (χ3v) is 4.79. The second-order valence-electron chi connectivity index (χ2n) is 8.55. The molecule has 4 heteroatoms. The predicted octanol–water partition coefficient (Wildman–Crippen LogP) is 5.74. The van der Waals surface area contributed by atoms with E-state index in [1.807, 2.05) is 47.6 Å². The van der Waals surface area contributed by atoms with Gasteiger partial charge < -0.3 is 9.15 Å². The van der Waals surface area contributed by atoms with Crippen molar-refractivity contribution in [2.75, 3.05) is 0 Å². The number of aryl methyl sites for hydroxylation is 1. The fourth-order valence-corrected chi connectivity index (χ4v) is 3.67. The number of carbonyl (C=O) groups is 1. The summed E-state index contributed by atoms with van der Waals surface area (Å²) in [7, 11) is 0. The molecule has 1 aromatic heterocycles. The van der Waals surface area contributed by atoms with E-state index >= 15 is 0 Å². The number of hydrogen-bond acceptors (Lipinski definition) is 4. The first-order chi connectivity index (χ1) is 12.4. The molecule has 0 aromatic carbocycles. The molecule has 1 aliphatic heterocycles. The van der Waals surface area contributed by atoms with E-state index in [0.29, 0.717) is 17.6 Å². The van der Waals surface area contributed by atoms with Gasteiger partial charge in [-0.2, -0.15) is 0 Å². The topological polar surface area (TPSA) is 56.5 Å². The fourth-order valence-electron chi connectivity index (χ4n) is 3.67. The van der Waals surface area contributed by atoms with Gasteiger partial charge in [0.2, 0.25) is 0 Å². The van der Waals surface area contributed by atoms with Gasteiger partial charge in [-0.15, -0.1) is 0 Å². The molecule has 0 saturated heterocycles. The fraction of sp³-hybridized carbons (Fsp3) is 0.652. The van der Waals surface area contributed by atoms with Crippen LogP contribution in [0.2, 0.25) is 0 Å². The molecular weight excluding hydrogens is 340 g/mol. The quantitative estimate of drug-likeness (QED) is 0.629. The Hall–Kier alpha value is -1.84. The van der Waals surface area contributed by atoms with Crippen molar-refractivity contribution in [1.82, 2.24) is 0 Å². The van der Waals surface area contributed by atoms with Crippen molar-refractivity contribution >= 4 is 5.97 Å². The second kappa shape index (κ2) is 9.38. The van der Waals surface area contributed by atoms with Crippen LogP contribution in [0, 0.1) is 18.8 Å². The van der Waals surface area contributed by atoms with Gasteiger partial charge in [-0.25, -0.2) is 9.59 Å². The summed E-state index contributed by atoms with van der Waals surface area (Å²) in [6.07, 6.45) is -0.0232. The zero-order valence-electron chi connectivity index (χ0n) is 18.6. The molecule has 0 spiro atoms. The van der Waals surface area contributed by atoms with E-state index in [9.17, 15) is 9.59 Å². The first-order valence-corrected chi connectivity index (χ1v) is 9.97. The Balaban J connectivity index is 0.000000271.